The predicted molar refractivity (Wildman–Crippen MR) is 46.3 cm³/mol. The minimum Gasteiger partial charge on any atom is -0.475 e. The Balaban J connectivity index is 2.82. The fourth-order valence-corrected chi connectivity index (χ4v) is 1.14. The zero-order chi connectivity index (χ0) is 8.27. The first-order chi connectivity index (χ1) is 5.29. The molecule has 1 rings (SSSR count). The third kappa shape index (κ3) is 1.84. The zero-order valence-electron chi connectivity index (χ0n) is 6.00. The van der Waals surface area contributed by atoms with Crippen molar-refractivity contribution in [1.82, 2.24) is 5.16 Å². The topological polar surface area (TPSA) is 55.5 Å². The Bertz CT molecular complexity index is 236. The standard InChI is InChI=1S/C6H8INO3/c1-2-10-6-5(7)4(3-9)11-8-6/h9H,2-3H2,1H3. The van der Waals surface area contributed by atoms with Crippen LogP contribution in [0, 0.1) is 3.57 Å². The average Bonchev–Trinajstić information content (AvgIpc) is 2.34. The average molecular weight is 269 g/mol. The minimum absolute atomic E-state index is 0.141. The Morgan fingerprint density at radius 1 is 1.73 bits per heavy atom. The van der Waals surface area contributed by atoms with Crippen molar-refractivity contribution in [3.05, 3.63) is 9.33 Å². The fraction of sp³-hybridized carbons (Fsp3) is 0.500. The summed E-state index contributed by atoms with van der Waals surface area (Å²) in [5.41, 5.74) is 0. The normalized spacial score (nSPS) is 10.1. The number of aliphatic hydroxyl groups is 1. The van der Waals surface area contributed by atoms with Gasteiger partial charge in [0.1, 0.15) is 10.2 Å². The number of hydrogen-bond donors (Lipinski definition) is 1. The second kappa shape index (κ2) is 3.91. The lowest BCUT2D eigenvalue weighted by Crippen LogP contribution is -1.93. The maximum Gasteiger partial charge on any atom is 0.268 e. The van der Waals surface area contributed by atoms with Crippen molar-refractivity contribution in [3.63, 3.8) is 0 Å². The summed E-state index contributed by atoms with van der Waals surface area (Å²) >= 11 is 2.02. The van der Waals surface area contributed by atoms with Gasteiger partial charge in [-0.25, -0.2) is 0 Å². The van der Waals surface area contributed by atoms with Crippen LogP contribution in [0.25, 0.3) is 0 Å². The molecule has 0 unspecified atom stereocenters. The molecule has 0 amide bonds. The molecule has 0 saturated heterocycles. The van der Waals surface area contributed by atoms with Gasteiger partial charge in [0, 0.05) is 0 Å². The van der Waals surface area contributed by atoms with E-state index in [-0.39, 0.29) is 6.61 Å². The summed E-state index contributed by atoms with van der Waals surface area (Å²) in [6.45, 7) is 2.27. The highest BCUT2D eigenvalue weighted by atomic mass is 127. The third-order valence-electron chi connectivity index (χ3n) is 1.10. The predicted octanol–water partition coefficient (Wildman–Crippen LogP) is 1.17. The molecule has 4 nitrogen and oxygen atoms in total. The molecule has 0 radical (unpaired) electrons. The molecule has 5 heteroatoms. The molecule has 0 fully saturated rings. The molecular formula is C6H8INO3. The molecule has 0 aromatic carbocycles. The van der Waals surface area contributed by atoms with Crippen molar-refractivity contribution >= 4 is 22.6 Å². The van der Waals surface area contributed by atoms with E-state index in [9.17, 15) is 0 Å². The summed E-state index contributed by atoms with van der Waals surface area (Å²) in [4.78, 5) is 0. The SMILES string of the molecule is CCOc1noc(CO)c1I. The first-order valence-corrected chi connectivity index (χ1v) is 4.25. The van der Waals surface area contributed by atoms with E-state index in [2.05, 4.69) is 5.16 Å². The number of hydrogen-bond acceptors (Lipinski definition) is 4. The smallest absolute Gasteiger partial charge is 0.268 e. The Morgan fingerprint density at radius 3 is 2.91 bits per heavy atom. The molecule has 1 aromatic heterocycles. The van der Waals surface area contributed by atoms with Crippen LogP contribution in [0.3, 0.4) is 0 Å². The lowest BCUT2D eigenvalue weighted by Gasteiger charge is -1.94. The third-order valence-corrected chi connectivity index (χ3v) is 2.16. The van der Waals surface area contributed by atoms with Gasteiger partial charge < -0.3 is 14.4 Å². The van der Waals surface area contributed by atoms with E-state index in [0.717, 1.165) is 3.57 Å². The summed E-state index contributed by atoms with van der Waals surface area (Å²) in [7, 11) is 0. The van der Waals surface area contributed by atoms with E-state index < -0.39 is 0 Å². The molecule has 1 heterocycles. The first-order valence-electron chi connectivity index (χ1n) is 3.17. The molecule has 0 aliphatic carbocycles. The van der Waals surface area contributed by atoms with Gasteiger partial charge in [0.15, 0.2) is 5.76 Å². The molecule has 0 saturated carbocycles. The van der Waals surface area contributed by atoms with Crippen LogP contribution in [-0.4, -0.2) is 16.9 Å². The quantitative estimate of drug-likeness (QED) is 0.837. The number of halogens is 1. The highest BCUT2D eigenvalue weighted by Gasteiger charge is 2.12. The maximum absolute atomic E-state index is 8.71. The molecule has 0 aliphatic heterocycles. The van der Waals surface area contributed by atoms with Crippen molar-refractivity contribution in [1.29, 1.82) is 0 Å². The van der Waals surface area contributed by atoms with Gasteiger partial charge in [-0.05, 0) is 34.7 Å². The molecule has 0 atom stereocenters. The molecule has 1 aromatic rings. The summed E-state index contributed by atoms with van der Waals surface area (Å²) in [5, 5.41) is 12.3. The van der Waals surface area contributed by atoms with E-state index in [1.165, 1.54) is 0 Å². The Labute approximate surface area is 77.7 Å². The Hall–Kier alpha value is -0.300. The lowest BCUT2D eigenvalue weighted by atomic mass is 10.5. The van der Waals surface area contributed by atoms with Gasteiger partial charge in [0.2, 0.25) is 0 Å². The Morgan fingerprint density at radius 2 is 2.45 bits per heavy atom. The van der Waals surface area contributed by atoms with Gasteiger partial charge in [-0.3, -0.25) is 0 Å². The van der Waals surface area contributed by atoms with Gasteiger partial charge in [-0.15, -0.1) is 0 Å². The number of aromatic nitrogens is 1. The van der Waals surface area contributed by atoms with Crippen LogP contribution in [0.2, 0.25) is 0 Å². The number of aliphatic hydroxyl groups excluding tert-OH is 1. The van der Waals surface area contributed by atoms with Crippen molar-refractivity contribution < 1.29 is 14.4 Å². The van der Waals surface area contributed by atoms with Gasteiger partial charge in [0.05, 0.1) is 6.61 Å². The van der Waals surface area contributed by atoms with Crippen LogP contribution in [0.4, 0.5) is 0 Å². The van der Waals surface area contributed by atoms with Crippen LogP contribution < -0.4 is 4.74 Å². The molecule has 0 aliphatic rings. The fourth-order valence-electron chi connectivity index (χ4n) is 0.621. The van der Waals surface area contributed by atoms with Gasteiger partial charge in [-0.2, -0.15) is 0 Å². The van der Waals surface area contributed by atoms with Gasteiger partial charge in [-0.1, -0.05) is 0 Å². The van der Waals surface area contributed by atoms with E-state index in [0.29, 0.717) is 18.2 Å². The van der Waals surface area contributed by atoms with Crippen LogP contribution in [0.15, 0.2) is 4.52 Å². The van der Waals surface area contributed by atoms with Gasteiger partial charge >= 0.3 is 0 Å². The van der Waals surface area contributed by atoms with E-state index in [4.69, 9.17) is 14.4 Å². The van der Waals surface area contributed by atoms with Gasteiger partial charge in [0.25, 0.3) is 5.88 Å². The summed E-state index contributed by atoms with van der Waals surface area (Å²) in [5.74, 6) is 0.909. The lowest BCUT2D eigenvalue weighted by molar-refractivity contribution is 0.223. The van der Waals surface area contributed by atoms with E-state index in [1.54, 1.807) is 0 Å². The summed E-state index contributed by atoms with van der Waals surface area (Å²) in [6, 6.07) is 0. The maximum atomic E-state index is 8.71. The van der Waals surface area contributed by atoms with E-state index in [1.807, 2.05) is 29.5 Å². The number of rotatable bonds is 3. The molecule has 62 valence electrons. The van der Waals surface area contributed by atoms with E-state index >= 15 is 0 Å². The molecule has 0 spiro atoms. The zero-order valence-corrected chi connectivity index (χ0v) is 8.16. The van der Waals surface area contributed by atoms with Crippen LogP contribution >= 0.6 is 22.6 Å². The Kier molecular flexibility index (Phi) is 3.13. The second-order valence-corrected chi connectivity index (χ2v) is 2.89. The number of ether oxygens (including phenoxy) is 1. The largest absolute Gasteiger partial charge is 0.475 e. The number of nitrogens with zero attached hydrogens (tertiary/aromatic N) is 1. The molecular weight excluding hydrogens is 261 g/mol. The summed E-state index contributed by atoms with van der Waals surface area (Å²) < 4.78 is 10.6. The van der Waals surface area contributed by atoms with Crippen LogP contribution in [0.1, 0.15) is 12.7 Å². The van der Waals surface area contributed by atoms with Crippen molar-refractivity contribution in [2.24, 2.45) is 0 Å². The van der Waals surface area contributed by atoms with Crippen molar-refractivity contribution in [2.45, 2.75) is 13.5 Å². The van der Waals surface area contributed by atoms with Crippen molar-refractivity contribution in [3.8, 4) is 5.88 Å². The molecule has 11 heavy (non-hydrogen) atoms. The molecule has 1 N–H and O–H groups in total. The highest BCUT2D eigenvalue weighted by molar-refractivity contribution is 14.1. The summed E-state index contributed by atoms with van der Waals surface area (Å²) in [6.07, 6.45) is 0. The van der Waals surface area contributed by atoms with Crippen molar-refractivity contribution in [2.75, 3.05) is 6.61 Å². The van der Waals surface area contributed by atoms with Crippen LogP contribution in [-0.2, 0) is 6.61 Å². The second-order valence-electron chi connectivity index (χ2n) is 1.82. The monoisotopic (exact) mass is 269 g/mol. The minimum atomic E-state index is -0.141. The molecule has 0 bridgehead atoms. The van der Waals surface area contributed by atoms with Crippen LogP contribution in [0.5, 0.6) is 5.88 Å². The highest BCUT2D eigenvalue weighted by Crippen LogP contribution is 2.22. The first kappa shape index (κ1) is 8.79.